The molecule has 0 aliphatic carbocycles. The molecule has 0 amide bonds. The molecule has 2 aromatic carbocycles. The number of hydrogen-bond acceptors (Lipinski definition) is 8. The number of benzene rings is 2. The Labute approximate surface area is 252 Å². The summed E-state index contributed by atoms with van der Waals surface area (Å²) in [4.78, 5) is 43.3. The number of carboxylic acids is 4. The van der Waals surface area contributed by atoms with Crippen LogP contribution in [0.25, 0.3) is 11.0 Å². The van der Waals surface area contributed by atoms with Gasteiger partial charge >= 0.3 is 23.9 Å². The summed E-state index contributed by atoms with van der Waals surface area (Å²) in [5.74, 6) is -4.95. The molecule has 44 heavy (non-hydrogen) atoms. The molecule has 4 N–H and O–H groups in total. The Bertz CT molecular complexity index is 1420. The number of aliphatic carboxylic acids is 4. The maximum absolute atomic E-state index is 14.2. The highest BCUT2D eigenvalue weighted by Gasteiger charge is 2.26. The molecule has 0 atom stereocenters. The van der Waals surface area contributed by atoms with Crippen LogP contribution in [0.1, 0.15) is 42.0 Å². The van der Waals surface area contributed by atoms with Crippen molar-refractivity contribution in [2.45, 2.75) is 38.3 Å². The summed E-state index contributed by atoms with van der Waals surface area (Å²) in [6.07, 6.45) is 5.46. The predicted octanol–water partition coefficient (Wildman–Crippen LogP) is 3.98. The van der Waals surface area contributed by atoms with Crippen LogP contribution >= 0.6 is 0 Å². The third-order valence-electron chi connectivity index (χ3n) is 7.04. The lowest BCUT2D eigenvalue weighted by Gasteiger charge is -2.31. The van der Waals surface area contributed by atoms with E-state index < -0.39 is 23.9 Å². The van der Waals surface area contributed by atoms with Crippen molar-refractivity contribution < 1.29 is 48.5 Å². The second-order valence-corrected chi connectivity index (χ2v) is 10.1. The molecule has 0 spiro atoms. The lowest BCUT2D eigenvalue weighted by Crippen LogP contribution is -2.35. The second kappa shape index (κ2) is 16.7. The summed E-state index contributed by atoms with van der Waals surface area (Å²) < 4.78 is 19.6. The lowest BCUT2D eigenvalue weighted by molar-refractivity contribution is -0.134. The number of likely N-dealkylation sites (tertiary alicyclic amines) is 1. The first-order valence-corrected chi connectivity index (χ1v) is 13.9. The lowest BCUT2D eigenvalue weighted by atomic mass is 9.91. The van der Waals surface area contributed by atoms with Crippen LogP contribution in [0.15, 0.2) is 71.3 Å². The van der Waals surface area contributed by atoms with E-state index in [1.54, 1.807) is 12.1 Å². The van der Waals surface area contributed by atoms with Crippen molar-refractivity contribution in [1.29, 1.82) is 0 Å². The van der Waals surface area contributed by atoms with Gasteiger partial charge in [-0.15, -0.1) is 0 Å². The summed E-state index contributed by atoms with van der Waals surface area (Å²) in [6.45, 7) is 6.55. The Balaban J connectivity index is 0.000000275. The molecule has 1 saturated heterocycles. The number of aromatic nitrogens is 1. The summed E-state index contributed by atoms with van der Waals surface area (Å²) >= 11 is 0. The fraction of sp³-hybridized carbons (Fsp3) is 0.323. The number of fused-ring (bicyclic) bond motifs is 2. The van der Waals surface area contributed by atoms with Gasteiger partial charge in [0.15, 0.2) is 5.58 Å². The predicted molar refractivity (Wildman–Crippen MR) is 156 cm³/mol. The normalized spacial score (nSPS) is 15.4. The highest BCUT2D eigenvalue weighted by molar-refractivity contribution is 5.90. The van der Waals surface area contributed by atoms with Crippen LogP contribution in [0.4, 0.5) is 4.39 Å². The standard InChI is InChI=1S/C23H26FN3O.2C4H4O4/c24-20-7-3-8-21-22(20)23(25-28-21)17-9-13-26(14-10-17)11-4-12-27-15-18-5-1-2-6-19(18)16-27;2*5-3(6)1-2-4(7)8/h1-3,5-8,17H,4,9-16H2;2*1-2H,(H,5,6)(H,7,8)/b;2*2-1+. The summed E-state index contributed by atoms with van der Waals surface area (Å²) in [5, 5.41) is 36.0. The van der Waals surface area contributed by atoms with Crippen LogP contribution in [0.5, 0.6) is 0 Å². The van der Waals surface area contributed by atoms with E-state index in [9.17, 15) is 23.6 Å². The van der Waals surface area contributed by atoms with Crippen molar-refractivity contribution in [2.75, 3.05) is 26.2 Å². The maximum Gasteiger partial charge on any atom is 0.328 e. The summed E-state index contributed by atoms with van der Waals surface area (Å²) in [5.41, 5.74) is 4.33. The van der Waals surface area contributed by atoms with Gasteiger partial charge in [-0.25, -0.2) is 23.6 Å². The second-order valence-electron chi connectivity index (χ2n) is 10.1. The molecule has 234 valence electrons. The number of piperidine rings is 1. The molecule has 5 rings (SSSR count). The molecule has 3 aromatic rings. The molecule has 3 heterocycles. The van der Waals surface area contributed by atoms with Crippen molar-refractivity contribution >= 4 is 34.8 Å². The number of hydrogen-bond donors (Lipinski definition) is 4. The van der Waals surface area contributed by atoms with Gasteiger partial charge in [-0.2, -0.15) is 0 Å². The quantitative estimate of drug-likeness (QED) is 0.256. The Morgan fingerprint density at radius 3 is 1.77 bits per heavy atom. The molecule has 2 aliphatic heterocycles. The van der Waals surface area contributed by atoms with Gasteiger partial charge in [0.25, 0.3) is 0 Å². The zero-order chi connectivity index (χ0) is 32.1. The molecule has 12 nitrogen and oxygen atoms in total. The van der Waals surface area contributed by atoms with Gasteiger partial charge in [0.05, 0.1) is 11.1 Å². The van der Waals surface area contributed by atoms with E-state index in [1.165, 1.54) is 23.6 Å². The third-order valence-corrected chi connectivity index (χ3v) is 7.04. The number of halogens is 1. The Hall–Kier alpha value is -4.88. The first-order valence-electron chi connectivity index (χ1n) is 13.9. The van der Waals surface area contributed by atoms with E-state index in [1.807, 2.05) is 0 Å². The van der Waals surface area contributed by atoms with Gasteiger partial charge in [0.2, 0.25) is 0 Å². The van der Waals surface area contributed by atoms with Gasteiger partial charge in [0, 0.05) is 49.9 Å². The highest BCUT2D eigenvalue weighted by Crippen LogP contribution is 2.33. The first kappa shape index (κ1) is 33.6. The van der Waals surface area contributed by atoms with E-state index in [-0.39, 0.29) is 5.82 Å². The average molecular weight is 612 g/mol. The average Bonchev–Trinajstić information content (AvgIpc) is 3.61. The SMILES string of the molecule is Fc1cccc2onc(C3CCN(CCCN4Cc5ccccc5C4)CC3)c12.O=C(O)/C=C/C(=O)O.O=C(O)/C=C/C(=O)O. The minimum absolute atomic E-state index is 0.220. The van der Waals surface area contributed by atoms with Crippen molar-refractivity contribution in [1.82, 2.24) is 15.0 Å². The zero-order valence-electron chi connectivity index (χ0n) is 23.8. The van der Waals surface area contributed by atoms with Crippen molar-refractivity contribution in [2.24, 2.45) is 0 Å². The van der Waals surface area contributed by atoms with Crippen LogP contribution in [0.3, 0.4) is 0 Å². The molecule has 1 aromatic heterocycles. The van der Waals surface area contributed by atoms with Crippen LogP contribution in [-0.4, -0.2) is 85.4 Å². The van der Waals surface area contributed by atoms with E-state index >= 15 is 0 Å². The van der Waals surface area contributed by atoms with E-state index in [2.05, 4.69) is 39.2 Å². The van der Waals surface area contributed by atoms with Crippen LogP contribution < -0.4 is 0 Å². The van der Waals surface area contributed by atoms with Crippen LogP contribution in [-0.2, 0) is 32.3 Å². The largest absolute Gasteiger partial charge is 0.478 e. The molecule has 13 heteroatoms. The molecule has 0 saturated carbocycles. The van der Waals surface area contributed by atoms with Crippen molar-refractivity contribution in [3.05, 3.63) is 89.4 Å². The summed E-state index contributed by atoms with van der Waals surface area (Å²) in [6, 6.07) is 13.7. The van der Waals surface area contributed by atoms with Crippen molar-refractivity contribution in [3.63, 3.8) is 0 Å². The first-order chi connectivity index (χ1) is 21.0. The Kier molecular flexibility index (Phi) is 12.7. The minimum atomic E-state index is -1.26. The monoisotopic (exact) mass is 611 g/mol. The number of carbonyl (C=O) groups is 4. The molecule has 0 bridgehead atoms. The molecule has 1 fully saturated rings. The molecular formula is C31H34FN3O9. The fourth-order valence-electron chi connectivity index (χ4n) is 5.05. The molecular weight excluding hydrogens is 577 g/mol. The summed E-state index contributed by atoms with van der Waals surface area (Å²) in [7, 11) is 0. The van der Waals surface area contributed by atoms with E-state index in [0.29, 0.717) is 41.2 Å². The topological polar surface area (TPSA) is 182 Å². The minimum Gasteiger partial charge on any atom is -0.478 e. The van der Waals surface area contributed by atoms with Gasteiger partial charge in [-0.1, -0.05) is 35.5 Å². The van der Waals surface area contributed by atoms with Gasteiger partial charge in [-0.3, -0.25) is 4.90 Å². The Morgan fingerprint density at radius 2 is 1.27 bits per heavy atom. The zero-order valence-corrected chi connectivity index (χ0v) is 23.8. The molecule has 2 aliphatic rings. The smallest absolute Gasteiger partial charge is 0.328 e. The van der Waals surface area contributed by atoms with Crippen LogP contribution in [0.2, 0.25) is 0 Å². The maximum atomic E-state index is 14.2. The van der Waals surface area contributed by atoms with Crippen molar-refractivity contribution in [3.8, 4) is 0 Å². The fourth-order valence-corrected chi connectivity index (χ4v) is 5.05. The number of rotatable bonds is 9. The Morgan fingerprint density at radius 1 is 0.773 bits per heavy atom. The number of carboxylic acid groups (broad SMARTS) is 4. The highest BCUT2D eigenvalue weighted by atomic mass is 19.1. The molecule has 0 radical (unpaired) electrons. The molecule has 0 unspecified atom stereocenters. The van der Waals surface area contributed by atoms with Crippen LogP contribution in [0, 0.1) is 5.82 Å². The van der Waals surface area contributed by atoms with Gasteiger partial charge in [0.1, 0.15) is 5.82 Å². The van der Waals surface area contributed by atoms with E-state index in [0.717, 1.165) is 57.8 Å². The van der Waals surface area contributed by atoms with Gasteiger partial charge in [-0.05, 0) is 62.2 Å². The van der Waals surface area contributed by atoms with Gasteiger partial charge < -0.3 is 29.8 Å². The third kappa shape index (κ3) is 10.7. The van der Waals surface area contributed by atoms with E-state index in [4.69, 9.17) is 24.9 Å². The number of nitrogens with zero attached hydrogens (tertiary/aromatic N) is 3.